The van der Waals surface area contributed by atoms with Crippen molar-refractivity contribution >= 4 is 43.2 Å². The van der Waals surface area contributed by atoms with Crippen LogP contribution in [0.1, 0.15) is 21.5 Å². The third-order valence-electron chi connectivity index (χ3n) is 3.97. The summed E-state index contributed by atoms with van der Waals surface area (Å²) in [6, 6.07) is 10.8. The van der Waals surface area contributed by atoms with Crippen LogP contribution in [0.2, 0.25) is 0 Å². The number of amides is 1. The van der Waals surface area contributed by atoms with E-state index in [4.69, 9.17) is 0 Å². The predicted octanol–water partition coefficient (Wildman–Crippen LogP) is 3.33. The van der Waals surface area contributed by atoms with Crippen LogP contribution in [0.5, 0.6) is 0 Å². The van der Waals surface area contributed by atoms with Gasteiger partial charge in [0.05, 0.1) is 17.6 Å². The second kappa shape index (κ2) is 6.22. The molecule has 2 aromatic carbocycles. The molecule has 0 atom stereocenters. The van der Waals surface area contributed by atoms with E-state index in [1.807, 2.05) is 25.1 Å². The fourth-order valence-corrected chi connectivity index (χ4v) is 4.32. The number of rotatable bonds is 3. The minimum atomic E-state index is -3.28. The zero-order chi connectivity index (χ0) is 17.5. The quantitative estimate of drug-likeness (QED) is 0.846. The van der Waals surface area contributed by atoms with Gasteiger partial charge in [0.15, 0.2) is 0 Å². The van der Waals surface area contributed by atoms with Crippen LogP contribution < -0.4 is 9.62 Å². The van der Waals surface area contributed by atoms with E-state index in [0.29, 0.717) is 29.9 Å². The Labute approximate surface area is 149 Å². The molecule has 0 spiro atoms. The topological polar surface area (TPSA) is 66.5 Å². The van der Waals surface area contributed by atoms with E-state index in [0.717, 1.165) is 15.6 Å². The van der Waals surface area contributed by atoms with E-state index in [1.54, 1.807) is 18.2 Å². The highest BCUT2D eigenvalue weighted by Crippen LogP contribution is 2.31. The molecule has 0 bridgehead atoms. The number of fused-ring (bicyclic) bond motifs is 1. The summed E-state index contributed by atoms with van der Waals surface area (Å²) in [5, 5.41) is 2.87. The van der Waals surface area contributed by atoms with Crippen molar-refractivity contribution in [3.63, 3.8) is 0 Å². The van der Waals surface area contributed by atoms with Crippen molar-refractivity contribution in [1.29, 1.82) is 0 Å². The zero-order valence-electron chi connectivity index (χ0n) is 13.3. The number of aryl methyl sites for hydroxylation is 1. The lowest BCUT2D eigenvalue weighted by molar-refractivity contribution is 0.102. The van der Waals surface area contributed by atoms with Crippen LogP contribution in [0, 0.1) is 6.92 Å². The van der Waals surface area contributed by atoms with Crippen molar-refractivity contribution in [3.05, 3.63) is 57.6 Å². The Balaban J connectivity index is 1.85. The van der Waals surface area contributed by atoms with Gasteiger partial charge in [0, 0.05) is 16.6 Å². The first-order chi connectivity index (χ1) is 11.3. The lowest BCUT2D eigenvalue weighted by Gasteiger charge is -2.16. The monoisotopic (exact) mass is 408 g/mol. The van der Waals surface area contributed by atoms with Gasteiger partial charge in [-0.2, -0.15) is 0 Å². The first-order valence-electron chi connectivity index (χ1n) is 7.44. The molecular weight excluding hydrogens is 392 g/mol. The van der Waals surface area contributed by atoms with Gasteiger partial charge >= 0.3 is 0 Å². The average Bonchev–Trinajstić information content (AvgIpc) is 2.93. The van der Waals surface area contributed by atoms with Crippen molar-refractivity contribution < 1.29 is 13.2 Å². The van der Waals surface area contributed by atoms with Crippen LogP contribution in [0.4, 0.5) is 11.4 Å². The van der Waals surface area contributed by atoms with Crippen LogP contribution in [0.3, 0.4) is 0 Å². The second-order valence-corrected chi connectivity index (χ2v) is 8.63. The number of carbonyl (C=O) groups excluding carboxylic acids is 1. The van der Waals surface area contributed by atoms with Crippen LogP contribution >= 0.6 is 15.9 Å². The van der Waals surface area contributed by atoms with Crippen LogP contribution in [0.15, 0.2) is 40.9 Å². The smallest absolute Gasteiger partial charge is 0.255 e. The molecule has 2 aromatic rings. The normalized spacial score (nSPS) is 13.7. The molecule has 126 valence electrons. The molecule has 1 amide bonds. The highest BCUT2D eigenvalue weighted by molar-refractivity contribution is 9.10. The van der Waals surface area contributed by atoms with Gasteiger partial charge in [-0.05, 0) is 70.7 Å². The molecule has 0 aromatic heterocycles. The number of benzene rings is 2. The molecule has 5 nitrogen and oxygen atoms in total. The average molecular weight is 409 g/mol. The van der Waals surface area contributed by atoms with E-state index in [2.05, 4.69) is 21.2 Å². The van der Waals surface area contributed by atoms with E-state index in [-0.39, 0.29) is 5.91 Å². The summed E-state index contributed by atoms with van der Waals surface area (Å²) in [5.41, 5.74) is 3.83. The minimum absolute atomic E-state index is 0.222. The van der Waals surface area contributed by atoms with Gasteiger partial charge in [-0.25, -0.2) is 8.42 Å². The Morgan fingerprint density at radius 3 is 2.62 bits per heavy atom. The molecule has 24 heavy (non-hydrogen) atoms. The first-order valence-corrected chi connectivity index (χ1v) is 10.1. The summed E-state index contributed by atoms with van der Waals surface area (Å²) in [4.78, 5) is 12.5. The Morgan fingerprint density at radius 1 is 1.21 bits per heavy atom. The van der Waals surface area contributed by atoms with Gasteiger partial charge in [0.2, 0.25) is 10.0 Å². The Hall–Kier alpha value is -1.86. The van der Waals surface area contributed by atoms with Crippen LogP contribution in [-0.2, 0) is 16.4 Å². The summed E-state index contributed by atoms with van der Waals surface area (Å²) in [7, 11) is -3.28. The lowest BCUT2D eigenvalue weighted by Crippen LogP contribution is -2.27. The van der Waals surface area contributed by atoms with Crippen molar-refractivity contribution in [2.75, 3.05) is 22.4 Å². The van der Waals surface area contributed by atoms with E-state index < -0.39 is 10.0 Å². The summed E-state index contributed by atoms with van der Waals surface area (Å²) in [6.07, 6.45) is 1.80. The summed E-state index contributed by atoms with van der Waals surface area (Å²) >= 11 is 3.44. The Kier molecular flexibility index (Phi) is 4.40. The van der Waals surface area contributed by atoms with Gasteiger partial charge in [-0.1, -0.05) is 6.07 Å². The molecule has 0 radical (unpaired) electrons. The molecule has 1 heterocycles. The third kappa shape index (κ3) is 3.32. The number of hydrogen-bond acceptors (Lipinski definition) is 3. The fraction of sp³-hybridized carbons (Fsp3) is 0.235. The molecule has 0 fully saturated rings. The zero-order valence-corrected chi connectivity index (χ0v) is 15.7. The van der Waals surface area contributed by atoms with Crippen molar-refractivity contribution in [2.24, 2.45) is 0 Å². The van der Waals surface area contributed by atoms with E-state index in [1.165, 1.54) is 10.6 Å². The fourth-order valence-electron chi connectivity index (χ4n) is 2.77. The third-order valence-corrected chi connectivity index (χ3v) is 5.80. The SMILES string of the molecule is Cc1ccc(NC(=O)c2ccc3c(c2)CCN3S(C)(=O)=O)c(Br)c1. The molecule has 0 saturated heterocycles. The first kappa shape index (κ1) is 17.0. The maximum atomic E-state index is 12.5. The maximum absolute atomic E-state index is 12.5. The maximum Gasteiger partial charge on any atom is 0.255 e. The molecule has 0 aliphatic carbocycles. The molecule has 0 unspecified atom stereocenters. The Morgan fingerprint density at radius 2 is 1.96 bits per heavy atom. The number of nitrogens with zero attached hydrogens (tertiary/aromatic N) is 1. The number of nitrogens with one attached hydrogen (secondary N) is 1. The summed E-state index contributed by atoms with van der Waals surface area (Å²) in [5.74, 6) is -0.222. The van der Waals surface area contributed by atoms with Crippen LogP contribution in [0.25, 0.3) is 0 Å². The molecule has 1 aliphatic rings. The molecule has 1 aliphatic heterocycles. The number of carbonyl (C=O) groups is 1. The molecule has 1 N–H and O–H groups in total. The minimum Gasteiger partial charge on any atom is -0.321 e. The lowest BCUT2D eigenvalue weighted by atomic mass is 10.1. The number of sulfonamides is 1. The Bertz CT molecular complexity index is 925. The molecule has 7 heteroatoms. The standard InChI is InChI=1S/C17H17BrN2O3S/c1-11-3-5-15(14(18)9-11)19-17(21)13-4-6-16-12(10-13)7-8-20(16)24(2,22)23/h3-6,9-10H,7-8H2,1-2H3,(H,19,21). The van der Waals surface area contributed by atoms with Gasteiger partial charge < -0.3 is 5.32 Å². The molecule has 0 saturated carbocycles. The van der Waals surface area contributed by atoms with Gasteiger partial charge in [0.25, 0.3) is 5.91 Å². The second-order valence-electron chi connectivity index (χ2n) is 5.87. The summed E-state index contributed by atoms with van der Waals surface area (Å²) < 4.78 is 25.7. The van der Waals surface area contributed by atoms with Gasteiger partial charge in [-0.15, -0.1) is 0 Å². The predicted molar refractivity (Wildman–Crippen MR) is 99.2 cm³/mol. The van der Waals surface area contributed by atoms with Crippen molar-refractivity contribution in [1.82, 2.24) is 0 Å². The highest BCUT2D eigenvalue weighted by atomic mass is 79.9. The molecular formula is C17H17BrN2O3S. The number of halogens is 1. The largest absolute Gasteiger partial charge is 0.321 e. The highest BCUT2D eigenvalue weighted by Gasteiger charge is 2.26. The van der Waals surface area contributed by atoms with Gasteiger partial charge in [0.1, 0.15) is 0 Å². The number of anilines is 2. The van der Waals surface area contributed by atoms with Crippen molar-refractivity contribution in [2.45, 2.75) is 13.3 Å². The molecule has 3 rings (SSSR count). The van der Waals surface area contributed by atoms with Gasteiger partial charge in [-0.3, -0.25) is 9.10 Å². The number of hydrogen-bond donors (Lipinski definition) is 1. The van der Waals surface area contributed by atoms with E-state index >= 15 is 0 Å². The van der Waals surface area contributed by atoms with E-state index in [9.17, 15) is 13.2 Å². The van der Waals surface area contributed by atoms with Crippen molar-refractivity contribution in [3.8, 4) is 0 Å². The summed E-state index contributed by atoms with van der Waals surface area (Å²) in [6.45, 7) is 2.40. The van der Waals surface area contributed by atoms with Crippen LogP contribution in [-0.4, -0.2) is 27.1 Å².